The van der Waals surface area contributed by atoms with Crippen LogP contribution in [0.1, 0.15) is 10.4 Å². The third kappa shape index (κ3) is 4.31. The largest absolute Gasteiger partial charge is 0.346 e. The van der Waals surface area contributed by atoms with Gasteiger partial charge in [0.05, 0.1) is 22.1 Å². The van der Waals surface area contributed by atoms with Gasteiger partial charge in [0, 0.05) is 12.1 Å². The zero-order valence-electron chi connectivity index (χ0n) is 10.0. The number of rotatable bonds is 5. The van der Waals surface area contributed by atoms with Crippen LogP contribution in [-0.4, -0.2) is 32.2 Å². The number of nitrogens with two attached hydrogens (primary N) is 1. The third-order valence-electron chi connectivity index (χ3n) is 2.20. The Morgan fingerprint density at radius 2 is 2.05 bits per heavy atom. The Kier molecular flexibility index (Phi) is 5.15. The number of nitro benzene ring substituents is 1. The molecule has 12 heteroatoms. The van der Waals surface area contributed by atoms with Gasteiger partial charge in [0.1, 0.15) is 4.90 Å². The molecule has 0 saturated carbocycles. The summed E-state index contributed by atoms with van der Waals surface area (Å²) in [5, 5.41) is 16.6. The molecule has 0 fully saturated rings. The van der Waals surface area contributed by atoms with Gasteiger partial charge in [0.25, 0.3) is 18.0 Å². The molecule has 1 aromatic carbocycles. The van der Waals surface area contributed by atoms with E-state index in [9.17, 15) is 32.1 Å². The molecule has 0 heterocycles. The maximum absolute atomic E-state index is 12.0. The normalized spacial score (nSPS) is 11.5. The lowest BCUT2D eigenvalue weighted by Gasteiger charge is -2.09. The highest BCUT2D eigenvalue weighted by molar-refractivity contribution is 7.89. The van der Waals surface area contributed by atoms with Gasteiger partial charge in [0.2, 0.25) is 10.0 Å². The number of alkyl halides is 2. The predicted octanol–water partition coefficient (Wildman–Crippen LogP) is 0.891. The Labute approximate surface area is 122 Å². The number of carbonyl (C=O) groups excluding carboxylic acids is 1. The number of benzene rings is 1. The Hall–Kier alpha value is -1.85. The molecule has 1 aromatic rings. The Bertz CT molecular complexity index is 695. The van der Waals surface area contributed by atoms with Crippen LogP contribution in [-0.2, 0) is 10.0 Å². The zero-order valence-corrected chi connectivity index (χ0v) is 11.6. The molecule has 116 valence electrons. The van der Waals surface area contributed by atoms with Gasteiger partial charge in [-0.1, -0.05) is 11.6 Å². The average Bonchev–Trinajstić information content (AvgIpc) is 2.34. The van der Waals surface area contributed by atoms with Crippen LogP contribution in [0.25, 0.3) is 0 Å². The maximum atomic E-state index is 12.0. The number of amides is 1. The zero-order chi connectivity index (χ0) is 16.4. The fourth-order valence-electron chi connectivity index (χ4n) is 1.33. The molecule has 0 aliphatic rings. The van der Waals surface area contributed by atoms with E-state index in [0.29, 0.717) is 12.1 Å². The van der Waals surface area contributed by atoms with E-state index in [1.54, 1.807) is 5.32 Å². The highest BCUT2D eigenvalue weighted by atomic mass is 35.5. The fraction of sp³-hybridized carbons (Fsp3) is 0.222. The number of nitrogens with one attached hydrogen (secondary N) is 1. The lowest BCUT2D eigenvalue weighted by atomic mass is 10.2. The molecule has 0 aromatic heterocycles. The van der Waals surface area contributed by atoms with Crippen molar-refractivity contribution in [2.75, 3.05) is 6.54 Å². The number of hydrogen-bond donors (Lipinski definition) is 2. The van der Waals surface area contributed by atoms with E-state index in [1.165, 1.54) is 0 Å². The lowest BCUT2D eigenvalue weighted by Crippen LogP contribution is -2.29. The topological polar surface area (TPSA) is 132 Å². The Morgan fingerprint density at radius 3 is 2.48 bits per heavy atom. The molecular weight excluding hydrogens is 336 g/mol. The minimum Gasteiger partial charge on any atom is -0.346 e. The first-order valence-corrected chi connectivity index (χ1v) is 7.03. The number of nitrogens with zero attached hydrogens (tertiary/aromatic N) is 1. The monoisotopic (exact) mass is 343 g/mol. The summed E-state index contributed by atoms with van der Waals surface area (Å²) in [5.74, 6) is -1.19. The summed E-state index contributed by atoms with van der Waals surface area (Å²) in [4.78, 5) is 20.5. The van der Waals surface area contributed by atoms with Crippen LogP contribution in [0, 0.1) is 10.1 Å². The van der Waals surface area contributed by atoms with Crippen LogP contribution in [0.3, 0.4) is 0 Å². The van der Waals surface area contributed by atoms with Crippen molar-refractivity contribution in [1.82, 2.24) is 5.32 Å². The SMILES string of the molecule is NS(=O)(=O)c1cc([N+](=O)[O-])cc(C(=O)NCC(F)F)c1Cl. The summed E-state index contributed by atoms with van der Waals surface area (Å²) < 4.78 is 46.6. The minimum absolute atomic E-state index is 0.571. The van der Waals surface area contributed by atoms with Crippen molar-refractivity contribution in [3.63, 3.8) is 0 Å². The van der Waals surface area contributed by atoms with Crippen LogP contribution in [0.4, 0.5) is 14.5 Å². The summed E-state index contributed by atoms with van der Waals surface area (Å²) in [6.45, 7) is -1.03. The number of primary sulfonamides is 1. The molecule has 8 nitrogen and oxygen atoms in total. The molecule has 1 amide bonds. The standard InChI is InChI=1S/C9H8ClF2N3O5S/c10-8-5(9(16)14-3-7(11)12)1-4(15(17)18)2-6(8)21(13,19)20/h1-2,7H,3H2,(H,14,16)(H2,13,19,20). The van der Waals surface area contributed by atoms with E-state index in [1.807, 2.05) is 0 Å². The van der Waals surface area contributed by atoms with E-state index in [4.69, 9.17) is 16.7 Å². The summed E-state index contributed by atoms with van der Waals surface area (Å²) in [5.41, 5.74) is -1.42. The van der Waals surface area contributed by atoms with Crippen molar-refractivity contribution in [2.24, 2.45) is 5.14 Å². The second kappa shape index (κ2) is 6.28. The highest BCUT2D eigenvalue weighted by Gasteiger charge is 2.25. The molecule has 0 aliphatic heterocycles. The molecule has 0 aliphatic carbocycles. The first-order chi connectivity index (χ1) is 9.54. The Balaban J connectivity index is 3.41. The van der Waals surface area contributed by atoms with Crippen molar-refractivity contribution in [2.45, 2.75) is 11.3 Å². The molecule has 21 heavy (non-hydrogen) atoms. The van der Waals surface area contributed by atoms with Crippen molar-refractivity contribution < 1.29 is 26.9 Å². The molecule has 3 N–H and O–H groups in total. The van der Waals surface area contributed by atoms with Gasteiger partial charge in [0.15, 0.2) is 0 Å². The van der Waals surface area contributed by atoms with Gasteiger partial charge < -0.3 is 5.32 Å². The van der Waals surface area contributed by atoms with E-state index < -0.39 is 55.0 Å². The Morgan fingerprint density at radius 1 is 1.48 bits per heavy atom. The fourth-order valence-corrected chi connectivity index (χ4v) is 2.49. The van der Waals surface area contributed by atoms with Gasteiger partial charge in [-0.25, -0.2) is 22.3 Å². The molecule has 0 bridgehead atoms. The smallest absolute Gasteiger partial charge is 0.271 e. The van der Waals surface area contributed by atoms with Crippen LogP contribution >= 0.6 is 11.6 Å². The van der Waals surface area contributed by atoms with Gasteiger partial charge >= 0.3 is 0 Å². The van der Waals surface area contributed by atoms with E-state index in [2.05, 4.69) is 0 Å². The number of sulfonamides is 1. The molecular formula is C9H8ClF2N3O5S. The van der Waals surface area contributed by atoms with E-state index in [-0.39, 0.29) is 0 Å². The quantitative estimate of drug-likeness (QED) is 0.605. The number of non-ortho nitro benzene ring substituents is 1. The molecule has 0 saturated heterocycles. The van der Waals surface area contributed by atoms with Crippen LogP contribution in [0.5, 0.6) is 0 Å². The van der Waals surface area contributed by atoms with E-state index >= 15 is 0 Å². The predicted molar refractivity (Wildman–Crippen MR) is 67.8 cm³/mol. The van der Waals surface area contributed by atoms with Gasteiger partial charge in [-0.2, -0.15) is 0 Å². The number of halogens is 3. The van der Waals surface area contributed by atoms with Crippen LogP contribution in [0.15, 0.2) is 17.0 Å². The van der Waals surface area contributed by atoms with Crippen molar-refractivity contribution in [3.05, 3.63) is 32.8 Å². The lowest BCUT2D eigenvalue weighted by molar-refractivity contribution is -0.385. The van der Waals surface area contributed by atoms with Crippen LogP contribution < -0.4 is 10.5 Å². The molecule has 0 unspecified atom stereocenters. The third-order valence-corrected chi connectivity index (χ3v) is 3.66. The second-order valence-corrected chi connectivity index (χ2v) is 5.62. The number of carbonyl (C=O) groups is 1. The summed E-state index contributed by atoms with van der Waals surface area (Å²) in [6, 6.07) is 1.24. The number of nitro groups is 1. The van der Waals surface area contributed by atoms with Crippen molar-refractivity contribution in [3.8, 4) is 0 Å². The molecule has 0 radical (unpaired) electrons. The van der Waals surface area contributed by atoms with E-state index in [0.717, 1.165) is 0 Å². The average molecular weight is 344 g/mol. The number of hydrogen-bond acceptors (Lipinski definition) is 5. The maximum Gasteiger partial charge on any atom is 0.271 e. The first kappa shape index (κ1) is 17.2. The van der Waals surface area contributed by atoms with Gasteiger partial charge in [-0.3, -0.25) is 14.9 Å². The van der Waals surface area contributed by atoms with Crippen molar-refractivity contribution >= 4 is 33.2 Å². The summed E-state index contributed by atoms with van der Waals surface area (Å²) in [7, 11) is -4.44. The van der Waals surface area contributed by atoms with Gasteiger partial charge in [-0.05, 0) is 0 Å². The summed E-state index contributed by atoms with van der Waals surface area (Å²) >= 11 is 5.65. The minimum atomic E-state index is -4.44. The molecule has 1 rings (SSSR count). The summed E-state index contributed by atoms with van der Waals surface area (Å²) in [6.07, 6.45) is -2.86. The molecule has 0 spiro atoms. The highest BCUT2D eigenvalue weighted by Crippen LogP contribution is 2.29. The van der Waals surface area contributed by atoms with Crippen LogP contribution in [0.2, 0.25) is 5.02 Å². The van der Waals surface area contributed by atoms with Gasteiger partial charge in [-0.15, -0.1) is 0 Å². The molecule has 0 atom stereocenters. The first-order valence-electron chi connectivity index (χ1n) is 5.11. The second-order valence-electron chi connectivity index (χ2n) is 3.71. The van der Waals surface area contributed by atoms with Crippen molar-refractivity contribution in [1.29, 1.82) is 0 Å².